The molecule has 0 spiro atoms. The fraction of sp³-hybridized carbons (Fsp3) is 0.684. The van der Waals surface area contributed by atoms with Crippen LogP contribution in [0.15, 0.2) is 24.3 Å². The van der Waals surface area contributed by atoms with Crippen LogP contribution >= 0.6 is 0 Å². The van der Waals surface area contributed by atoms with Gasteiger partial charge < -0.3 is 10.6 Å². The van der Waals surface area contributed by atoms with Gasteiger partial charge in [0.2, 0.25) is 0 Å². The Morgan fingerprint density at radius 2 is 1.81 bits per heavy atom. The summed E-state index contributed by atoms with van der Waals surface area (Å²) in [6.45, 7) is 11.7. The zero-order valence-electron chi connectivity index (χ0n) is 14.2. The first-order valence-corrected chi connectivity index (χ1v) is 8.52. The molecule has 1 aliphatic rings. The van der Waals surface area contributed by atoms with Gasteiger partial charge in [0.1, 0.15) is 0 Å². The van der Waals surface area contributed by atoms with Gasteiger partial charge in [-0.15, -0.1) is 0 Å². The topological polar surface area (TPSA) is 29.3 Å². The second kappa shape index (κ2) is 6.83. The number of benzene rings is 1. The van der Waals surface area contributed by atoms with Gasteiger partial charge in [-0.1, -0.05) is 39.8 Å². The van der Waals surface area contributed by atoms with Crippen LogP contribution in [-0.2, 0) is 0 Å². The highest BCUT2D eigenvalue weighted by Crippen LogP contribution is 2.35. The summed E-state index contributed by atoms with van der Waals surface area (Å²) < 4.78 is 0. The predicted octanol–water partition coefficient (Wildman–Crippen LogP) is 4.75. The first-order valence-electron chi connectivity index (χ1n) is 8.52. The van der Waals surface area contributed by atoms with Gasteiger partial charge in [0.05, 0.1) is 0 Å². The normalized spacial score (nSPS) is 22.0. The van der Waals surface area contributed by atoms with Gasteiger partial charge in [-0.2, -0.15) is 0 Å². The molecule has 0 amide bonds. The minimum absolute atomic E-state index is 0.174. The third-order valence-electron chi connectivity index (χ3n) is 5.08. The zero-order chi connectivity index (χ0) is 15.5. The molecule has 0 aromatic heterocycles. The highest BCUT2D eigenvalue weighted by Gasteiger charge is 2.27. The highest BCUT2D eigenvalue weighted by molar-refractivity contribution is 5.48. The van der Waals surface area contributed by atoms with Crippen molar-refractivity contribution in [3.05, 3.63) is 29.8 Å². The summed E-state index contributed by atoms with van der Waals surface area (Å²) in [5, 5.41) is 0. The maximum atomic E-state index is 6.10. The lowest BCUT2D eigenvalue weighted by Gasteiger charge is -2.30. The minimum Gasteiger partial charge on any atom is -0.372 e. The number of nitrogens with two attached hydrogens (primary N) is 1. The van der Waals surface area contributed by atoms with Crippen molar-refractivity contribution in [3.8, 4) is 0 Å². The summed E-state index contributed by atoms with van der Waals surface area (Å²) in [6.07, 6.45) is 4.97. The van der Waals surface area contributed by atoms with Crippen LogP contribution in [0.2, 0.25) is 0 Å². The smallest absolute Gasteiger partial charge is 0.0366 e. The Balaban J connectivity index is 2.02. The molecular formula is C19H32N2. The van der Waals surface area contributed by atoms with Crippen molar-refractivity contribution in [1.82, 2.24) is 0 Å². The second-order valence-corrected chi connectivity index (χ2v) is 7.59. The molecule has 0 bridgehead atoms. The monoisotopic (exact) mass is 288 g/mol. The number of nitrogens with zero attached hydrogens (tertiary/aromatic N) is 1. The third kappa shape index (κ3) is 4.23. The lowest BCUT2D eigenvalue weighted by atomic mass is 9.77. The van der Waals surface area contributed by atoms with E-state index in [1.807, 2.05) is 0 Å². The van der Waals surface area contributed by atoms with Gasteiger partial charge in [0.15, 0.2) is 0 Å². The Bertz CT molecular complexity index is 430. The molecule has 2 heteroatoms. The van der Waals surface area contributed by atoms with Gasteiger partial charge >= 0.3 is 0 Å². The Kier molecular flexibility index (Phi) is 5.32. The van der Waals surface area contributed by atoms with E-state index in [4.69, 9.17) is 5.73 Å². The SMILES string of the molecule is CC[C@@H](N)c1ccc(N2CCCC(C(C)(C)C)CC2)cc1. The molecule has 0 aliphatic carbocycles. The molecule has 118 valence electrons. The van der Waals surface area contributed by atoms with Crippen molar-refractivity contribution >= 4 is 5.69 Å². The Morgan fingerprint density at radius 1 is 1.14 bits per heavy atom. The summed E-state index contributed by atoms with van der Waals surface area (Å²) in [5.74, 6) is 0.843. The Labute approximate surface area is 130 Å². The van der Waals surface area contributed by atoms with Crippen molar-refractivity contribution in [2.24, 2.45) is 17.1 Å². The first kappa shape index (κ1) is 16.4. The molecule has 21 heavy (non-hydrogen) atoms. The van der Waals surface area contributed by atoms with E-state index >= 15 is 0 Å². The van der Waals surface area contributed by atoms with E-state index < -0.39 is 0 Å². The van der Waals surface area contributed by atoms with Gasteiger partial charge in [-0.3, -0.25) is 0 Å². The van der Waals surface area contributed by atoms with Crippen molar-refractivity contribution in [3.63, 3.8) is 0 Å². The molecule has 1 aromatic rings. The molecule has 2 N–H and O–H groups in total. The average molecular weight is 288 g/mol. The lowest BCUT2D eigenvalue weighted by Crippen LogP contribution is -2.26. The molecular weight excluding hydrogens is 256 g/mol. The first-order chi connectivity index (χ1) is 9.91. The average Bonchev–Trinajstić information content (AvgIpc) is 2.72. The van der Waals surface area contributed by atoms with E-state index in [1.54, 1.807) is 0 Å². The molecule has 1 aromatic carbocycles. The maximum absolute atomic E-state index is 6.10. The van der Waals surface area contributed by atoms with E-state index in [0.717, 1.165) is 12.3 Å². The molecule has 1 fully saturated rings. The molecule has 1 saturated heterocycles. The molecule has 0 saturated carbocycles. The summed E-state index contributed by atoms with van der Waals surface area (Å²) in [7, 11) is 0. The summed E-state index contributed by atoms with van der Waals surface area (Å²) in [4.78, 5) is 2.55. The van der Waals surface area contributed by atoms with Crippen LogP contribution in [0.1, 0.15) is 65.0 Å². The standard InChI is InChI=1S/C19H32N2/c1-5-18(20)15-8-10-17(11-9-15)21-13-6-7-16(12-14-21)19(2,3)4/h8-11,16,18H,5-7,12-14,20H2,1-4H3/t16?,18-/m1/s1. The van der Waals surface area contributed by atoms with Crippen LogP contribution in [0, 0.1) is 11.3 Å². The van der Waals surface area contributed by atoms with Gasteiger partial charge in [-0.25, -0.2) is 0 Å². The van der Waals surface area contributed by atoms with Crippen molar-refractivity contribution in [2.75, 3.05) is 18.0 Å². The van der Waals surface area contributed by atoms with E-state index in [-0.39, 0.29) is 6.04 Å². The van der Waals surface area contributed by atoms with Crippen molar-refractivity contribution < 1.29 is 0 Å². The predicted molar refractivity (Wildman–Crippen MR) is 92.7 cm³/mol. The van der Waals surface area contributed by atoms with Crippen LogP contribution in [0.4, 0.5) is 5.69 Å². The third-order valence-corrected chi connectivity index (χ3v) is 5.08. The Hall–Kier alpha value is -1.02. The number of hydrogen-bond donors (Lipinski definition) is 1. The van der Waals surface area contributed by atoms with Crippen LogP contribution in [-0.4, -0.2) is 13.1 Å². The van der Waals surface area contributed by atoms with E-state index in [1.165, 1.54) is 43.6 Å². The number of rotatable bonds is 3. The fourth-order valence-electron chi connectivity index (χ4n) is 3.39. The van der Waals surface area contributed by atoms with Gasteiger partial charge in [0, 0.05) is 24.8 Å². The zero-order valence-corrected chi connectivity index (χ0v) is 14.2. The second-order valence-electron chi connectivity index (χ2n) is 7.59. The summed E-state index contributed by atoms with van der Waals surface area (Å²) in [5.41, 5.74) is 9.15. The summed E-state index contributed by atoms with van der Waals surface area (Å²) >= 11 is 0. The van der Waals surface area contributed by atoms with Crippen LogP contribution in [0.25, 0.3) is 0 Å². The molecule has 2 rings (SSSR count). The molecule has 2 atom stereocenters. The molecule has 1 heterocycles. The molecule has 2 nitrogen and oxygen atoms in total. The highest BCUT2D eigenvalue weighted by atomic mass is 15.1. The largest absolute Gasteiger partial charge is 0.372 e. The van der Waals surface area contributed by atoms with Gasteiger partial charge in [-0.05, 0) is 54.7 Å². The molecule has 1 unspecified atom stereocenters. The van der Waals surface area contributed by atoms with Crippen molar-refractivity contribution in [1.29, 1.82) is 0 Å². The maximum Gasteiger partial charge on any atom is 0.0366 e. The molecule has 0 radical (unpaired) electrons. The van der Waals surface area contributed by atoms with Crippen LogP contribution in [0.3, 0.4) is 0 Å². The van der Waals surface area contributed by atoms with E-state index in [2.05, 4.69) is 56.9 Å². The Morgan fingerprint density at radius 3 is 2.38 bits per heavy atom. The lowest BCUT2D eigenvalue weighted by molar-refractivity contribution is 0.220. The number of hydrogen-bond acceptors (Lipinski definition) is 2. The summed E-state index contributed by atoms with van der Waals surface area (Å²) in [6, 6.07) is 9.09. The van der Waals surface area contributed by atoms with Gasteiger partial charge in [0.25, 0.3) is 0 Å². The van der Waals surface area contributed by atoms with Crippen molar-refractivity contribution in [2.45, 2.75) is 59.4 Å². The minimum atomic E-state index is 0.174. The van der Waals surface area contributed by atoms with Crippen LogP contribution in [0.5, 0.6) is 0 Å². The van der Waals surface area contributed by atoms with Crippen LogP contribution < -0.4 is 10.6 Å². The molecule has 1 aliphatic heterocycles. The van der Waals surface area contributed by atoms with E-state index in [0.29, 0.717) is 5.41 Å². The number of anilines is 1. The fourth-order valence-corrected chi connectivity index (χ4v) is 3.39. The quantitative estimate of drug-likeness (QED) is 0.869. The van der Waals surface area contributed by atoms with E-state index in [9.17, 15) is 0 Å².